The molecule has 1 saturated carbocycles. The number of thiophene rings is 1. The molecule has 0 bridgehead atoms. The Morgan fingerprint density at radius 3 is 2.67 bits per heavy atom. The molecule has 1 atom stereocenters. The third kappa shape index (κ3) is 2.76. The fourth-order valence-corrected chi connectivity index (χ4v) is 5.91. The second-order valence-electron chi connectivity index (χ2n) is 4.35. The summed E-state index contributed by atoms with van der Waals surface area (Å²) in [6.07, 6.45) is 2.10. The maximum Gasteiger partial charge on any atom is 0.252 e. The molecule has 4 nitrogen and oxygen atoms in total. The lowest BCUT2D eigenvalue weighted by Gasteiger charge is -2.25. The molecule has 0 aromatic carbocycles. The van der Waals surface area contributed by atoms with Gasteiger partial charge in [0.25, 0.3) is 10.0 Å². The molecule has 0 spiro atoms. The van der Waals surface area contributed by atoms with Crippen LogP contribution in [0.4, 0.5) is 0 Å². The third-order valence-electron chi connectivity index (χ3n) is 3.13. The molecule has 8 heteroatoms. The molecule has 1 aromatic rings. The molecule has 1 heterocycles. The average Bonchev–Trinajstić information content (AvgIpc) is 3.07. The summed E-state index contributed by atoms with van der Waals surface area (Å²) in [5.41, 5.74) is 5.69. The van der Waals surface area contributed by atoms with E-state index in [1.807, 2.05) is 0 Å². The van der Waals surface area contributed by atoms with Crippen molar-refractivity contribution in [2.45, 2.75) is 23.1 Å². The zero-order valence-electron chi connectivity index (χ0n) is 9.77. The molecule has 2 rings (SSSR count). The predicted octanol–water partition coefficient (Wildman–Crippen LogP) is 2.52. The first kappa shape index (κ1) is 14.7. The summed E-state index contributed by atoms with van der Waals surface area (Å²) >= 11 is 10.2. The first-order chi connectivity index (χ1) is 8.37. The molecule has 1 aromatic heterocycles. The molecule has 18 heavy (non-hydrogen) atoms. The van der Waals surface area contributed by atoms with Crippen LogP contribution >= 0.6 is 38.9 Å². The first-order valence-electron chi connectivity index (χ1n) is 5.51. The van der Waals surface area contributed by atoms with E-state index in [0.29, 0.717) is 21.3 Å². The summed E-state index contributed by atoms with van der Waals surface area (Å²) < 4.78 is 27.1. The van der Waals surface area contributed by atoms with Crippen LogP contribution in [0.3, 0.4) is 0 Å². The van der Waals surface area contributed by atoms with Gasteiger partial charge < -0.3 is 5.73 Å². The van der Waals surface area contributed by atoms with Crippen molar-refractivity contribution in [1.29, 1.82) is 0 Å². The molecule has 1 unspecified atom stereocenters. The number of hydrogen-bond acceptors (Lipinski definition) is 4. The molecule has 1 fully saturated rings. The van der Waals surface area contributed by atoms with Gasteiger partial charge in [0.15, 0.2) is 0 Å². The number of likely N-dealkylation sites (N-methyl/N-ethyl adjacent to an activating group) is 1. The van der Waals surface area contributed by atoms with Crippen molar-refractivity contribution in [2.24, 2.45) is 11.7 Å². The van der Waals surface area contributed by atoms with Crippen molar-refractivity contribution >= 4 is 48.9 Å². The van der Waals surface area contributed by atoms with Gasteiger partial charge in [-0.1, -0.05) is 11.6 Å². The zero-order chi connectivity index (χ0) is 13.5. The lowest BCUT2D eigenvalue weighted by Crippen LogP contribution is -2.42. The van der Waals surface area contributed by atoms with Crippen molar-refractivity contribution in [2.75, 3.05) is 13.6 Å². The Morgan fingerprint density at radius 1 is 1.67 bits per heavy atom. The topological polar surface area (TPSA) is 63.4 Å². The highest BCUT2D eigenvalue weighted by molar-refractivity contribution is 9.11. The molecular formula is C10H14BrClN2O2S2. The summed E-state index contributed by atoms with van der Waals surface area (Å²) in [4.78, 5) is 0. The highest BCUT2D eigenvalue weighted by atomic mass is 79.9. The number of halogens is 2. The molecule has 0 radical (unpaired) electrons. The number of sulfonamides is 1. The number of rotatable bonds is 5. The van der Waals surface area contributed by atoms with Gasteiger partial charge in [0, 0.05) is 19.6 Å². The van der Waals surface area contributed by atoms with E-state index in [0.717, 1.165) is 24.2 Å². The third-order valence-corrected chi connectivity index (χ3v) is 7.94. The van der Waals surface area contributed by atoms with Crippen LogP contribution in [0, 0.1) is 5.92 Å². The van der Waals surface area contributed by atoms with Crippen molar-refractivity contribution < 1.29 is 8.42 Å². The molecule has 102 valence electrons. The standard InChI is InChI=1S/C10H14BrClN2O2S2/c1-14(8(5-13)6-2-3-6)18(15,16)9-4-7(12)10(11)17-9/h4,6,8H,2-3,5,13H2,1H3. The highest BCUT2D eigenvalue weighted by Gasteiger charge is 2.38. The first-order valence-corrected chi connectivity index (χ1v) is 8.93. The van der Waals surface area contributed by atoms with Crippen molar-refractivity contribution in [1.82, 2.24) is 4.31 Å². The Hall–Kier alpha value is 0.340. The van der Waals surface area contributed by atoms with Crippen molar-refractivity contribution in [3.8, 4) is 0 Å². The lowest BCUT2D eigenvalue weighted by molar-refractivity contribution is 0.341. The molecule has 2 N–H and O–H groups in total. The van der Waals surface area contributed by atoms with Gasteiger partial charge in [-0.3, -0.25) is 0 Å². The normalized spacial score (nSPS) is 18.3. The lowest BCUT2D eigenvalue weighted by atomic mass is 10.2. The van der Waals surface area contributed by atoms with Crippen molar-refractivity contribution in [3.05, 3.63) is 14.9 Å². The van der Waals surface area contributed by atoms with Crippen LogP contribution in [0.5, 0.6) is 0 Å². The minimum atomic E-state index is -3.50. The Bertz CT molecular complexity index is 523. The molecule has 0 aliphatic heterocycles. The largest absolute Gasteiger partial charge is 0.329 e. The van der Waals surface area contributed by atoms with Gasteiger partial charge in [0.05, 0.1) is 8.81 Å². The number of hydrogen-bond donors (Lipinski definition) is 1. The van der Waals surface area contributed by atoms with Gasteiger partial charge >= 0.3 is 0 Å². The average molecular weight is 374 g/mol. The quantitative estimate of drug-likeness (QED) is 0.862. The van der Waals surface area contributed by atoms with Crippen LogP contribution in [0.1, 0.15) is 12.8 Å². The Morgan fingerprint density at radius 2 is 2.28 bits per heavy atom. The Kier molecular flexibility index (Phi) is 4.40. The highest BCUT2D eigenvalue weighted by Crippen LogP contribution is 2.39. The molecular weight excluding hydrogens is 360 g/mol. The van der Waals surface area contributed by atoms with E-state index in [9.17, 15) is 8.42 Å². The van der Waals surface area contributed by atoms with E-state index in [1.54, 1.807) is 7.05 Å². The van der Waals surface area contributed by atoms with Gasteiger partial charge in [-0.05, 0) is 40.8 Å². The Balaban J connectivity index is 2.29. The number of nitrogens with zero attached hydrogens (tertiary/aromatic N) is 1. The van der Waals surface area contributed by atoms with Gasteiger partial charge in [-0.15, -0.1) is 11.3 Å². The van der Waals surface area contributed by atoms with Crippen molar-refractivity contribution in [3.63, 3.8) is 0 Å². The summed E-state index contributed by atoms with van der Waals surface area (Å²) in [7, 11) is -1.91. The second-order valence-corrected chi connectivity index (χ2v) is 9.35. The summed E-state index contributed by atoms with van der Waals surface area (Å²) in [6.45, 7) is 0.348. The predicted molar refractivity (Wildman–Crippen MR) is 77.5 cm³/mol. The summed E-state index contributed by atoms with van der Waals surface area (Å²) in [6, 6.07) is 1.36. The van der Waals surface area contributed by atoms with E-state index >= 15 is 0 Å². The van der Waals surface area contributed by atoms with Crippen LogP contribution < -0.4 is 5.73 Å². The van der Waals surface area contributed by atoms with Gasteiger partial charge in [0.1, 0.15) is 4.21 Å². The van der Waals surface area contributed by atoms with Gasteiger partial charge in [-0.25, -0.2) is 8.42 Å². The van der Waals surface area contributed by atoms with Gasteiger partial charge in [-0.2, -0.15) is 4.31 Å². The van der Waals surface area contributed by atoms with Gasteiger partial charge in [0.2, 0.25) is 0 Å². The second kappa shape index (κ2) is 5.38. The summed E-state index contributed by atoms with van der Waals surface area (Å²) in [5, 5.41) is 0.419. The van der Waals surface area contributed by atoms with Crippen LogP contribution in [0.2, 0.25) is 5.02 Å². The smallest absolute Gasteiger partial charge is 0.252 e. The maximum absolute atomic E-state index is 12.4. The minimum Gasteiger partial charge on any atom is -0.329 e. The summed E-state index contributed by atoms with van der Waals surface area (Å²) in [5.74, 6) is 0.397. The van der Waals surface area contributed by atoms with Crippen LogP contribution in [-0.2, 0) is 10.0 Å². The van der Waals surface area contributed by atoms with Crippen LogP contribution in [0.25, 0.3) is 0 Å². The SMILES string of the molecule is CN(C(CN)C1CC1)S(=O)(=O)c1cc(Cl)c(Br)s1. The fourth-order valence-electron chi connectivity index (χ4n) is 1.89. The molecule has 1 aliphatic carbocycles. The Labute approximate surface area is 124 Å². The molecule has 0 saturated heterocycles. The maximum atomic E-state index is 12.4. The van der Waals surface area contributed by atoms with Crippen LogP contribution in [-0.4, -0.2) is 32.4 Å². The van der Waals surface area contributed by atoms with E-state index in [-0.39, 0.29) is 10.3 Å². The van der Waals surface area contributed by atoms with E-state index in [4.69, 9.17) is 17.3 Å². The fraction of sp³-hybridized carbons (Fsp3) is 0.600. The molecule has 0 amide bonds. The van der Waals surface area contributed by atoms with Crippen LogP contribution in [0.15, 0.2) is 14.1 Å². The van der Waals surface area contributed by atoms with E-state index in [2.05, 4.69) is 15.9 Å². The van der Waals surface area contributed by atoms with E-state index < -0.39 is 10.0 Å². The van der Waals surface area contributed by atoms with E-state index in [1.165, 1.54) is 10.4 Å². The zero-order valence-corrected chi connectivity index (χ0v) is 13.7. The number of nitrogens with two attached hydrogens (primary N) is 1. The monoisotopic (exact) mass is 372 g/mol. The molecule has 1 aliphatic rings. The minimum absolute atomic E-state index is 0.116.